The predicted octanol–water partition coefficient (Wildman–Crippen LogP) is 4.58. The van der Waals surface area contributed by atoms with Crippen molar-refractivity contribution in [1.82, 2.24) is 4.98 Å². The van der Waals surface area contributed by atoms with Crippen molar-refractivity contribution in [2.75, 3.05) is 16.4 Å². The molecule has 0 spiro atoms. The van der Waals surface area contributed by atoms with Crippen LogP contribution in [-0.2, 0) is 10.5 Å². The number of thioether (sulfide) groups is 1. The van der Waals surface area contributed by atoms with Crippen LogP contribution in [0.4, 0.5) is 11.4 Å². The maximum atomic E-state index is 12.2. The smallest absolute Gasteiger partial charge is 0.284 e. The van der Waals surface area contributed by atoms with Gasteiger partial charge in [-0.25, -0.2) is 4.98 Å². The first-order valence-corrected chi connectivity index (χ1v) is 10.4. The van der Waals surface area contributed by atoms with Crippen molar-refractivity contribution >= 4 is 46.3 Å². The lowest BCUT2D eigenvalue weighted by Gasteiger charge is -2.09. The molecule has 7 heteroatoms. The molecule has 0 bridgehead atoms. The molecule has 0 aliphatic rings. The van der Waals surface area contributed by atoms with Gasteiger partial charge in [-0.2, -0.15) is 0 Å². The van der Waals surface area contributed by atoms with Gasteiger partial charge in [0.15, 0.2) is 5.01 Å². The summed E-state index contributed by atoms with van der Waals surface area (Å²) in [6.07, 6.45) is 1.59. The van der Waals surface area contributed by atoms with E-state index in [2.05, 4.69) is 34.7 Å². The zero-order chi connectivity index (χ0) is 19.1. The minimum atomic E-state index is -0.262. The molecule has 2 N–H and O–H groups in total. The van der Waals surface area contributed by atoms with Crippen molar-refractivity contribution in [3.63, 3.8) is 0 Å². The highest BCUT2D eigenvalue weighted by molar-refractivity contribution is 7.99. The number of rotatable bonds is 7. The molecular weight excluding hydrogens is 378 g/mol. The minimum Gasteiger partial charge on any atom is -0.325 e. The molecule has 0 atom stereocenters. The van der Waals surface area contributed by atoms with Gasteiger partial charge >= 0.3 is 0 Å². The lowest BCUT2D eigenvalue weighted by Crippen LogP contribution is -2.15. The van der Waals surface area contributed by atoms with E-state index in [1.54, 1.807) is 47.6 Å². The SMILES string of the molecule is Cc1ccccc1CSCC(=O)Nc1cccc(NC(=O)c2nccs2)c1. The molecule has 1 heterocycles. The van der Waals surface area contributed by atoms with Crippen molar-refractivity contribution in [2.24, 2.45) is 0 Å². The van der Waals surface area contributed by atoms with Crippen LogP contribution in [0.1, 0.15) is 20.9 Å². The number of anilines is 2. The van der Waals surface area contributed by atoms with E-state index in [-0.39, 0.29) is 11.8 Å². The molecule has 5 nitrogen and oxygen atoms in total. The number of hydrogen-bond donors (Lipinski definition) is 2. The van der Waals surface area contributed by atoms with Crippen molar-refractivity contribution < 1.29 is 9.59 Å². The Bertz CT molecular complexity index is 926. The van der Waals surface area contributed by atoms with E-state index in [1.165, 1.54) is 22.5 Å². The third kappa shape index (κ3) is 5.67. The maximum Gasteiger partial charge on any atom is 0.284 e. The Morgan fingerprint density at radius 2 is 1.85 bits per heavy atom. The Kier molecular flexibility index (Phi) is 6.62. The van der Waals surface area contributed by atoms with E-state index in [0.29, 0.717) is 22.1 Å². The summed E-state index contributed by atoms with van der Waals surface area (Å²) in [5, 5.41) is 7.80. The van der Waals surface area contributed by atoms with Crippen molar-refractivity contribution in [3.8, 4) is 0 Å². The fourth-order valence-corrected chi connectivity index (χ4v) is 3.85. The number of benzene rings is 2. The van der Waals surface area contributed by atoms with E-state index in [4.69, 9.17) is 0 Å². The average Bonchev–Trinajstić information content (AvgIpc) is 3.18. The number of amides is 2. The molecule has 27 heavy (non-hydrogen) atoms. The highest BCUT2D eigenvalue weighted by atomic mass is 32.2. The largest absolute Gasteiger partial charge is 0.325 e. The molecule has 0 aliphatic heterocycles. The van der Waals surface area contributed by atoms with Crippen LogP contribution >= 0.6 is 23.1 Å². The number of nitrogens with zero attached hydrogens (tertiary/aromatic N) is 1. The minimum absolute atomic E-state index is 0.0722. The topological polar surface area (TPSA) is 71.1 Å². The summed E-state index contributed by atoms with van der Waals surface area (Å²) < 4.78 is 0. The van der Waals surface area contributed by atoms with Gasteiger partial charge in [0.1, 0.15) is 0 Å². The number of carbonyl (C=O) groups is 2. The fraction of sp³-hybridized carbons (Fsp3) is 0.150. The van der Waals surface area contributed by atoms with E-state index in [1.807, 2.05) is 12.1 Å². The summed E-state index contributed by atoms with van der Waals surface area (Å²) >= 11 is 2.85. The highest BCUT2D eigenvalue weighted by Crippen LogP contribution is 2.19. The Hall–Kier alpha value is -2.64. The fourth-order valence-electron chi connectivity index (χ4n) is 2.42. The third-order valence-corrected chi connectivity index (χ3v) is 5.54. The molecule has 3 aromatic rings. The van der Waals surface area contributed by atoms with Crippen molar-refractivity contribution in [1.29, 1.82) is 0 Å². The van der Waals surface area contributed by atoms with Gasteiger partial charge in [0, 0.05) is 28.7 Å². The molecule has 0 radical (unpaired) electrons. The Morgan fingerprint density at radius 3 is 2.59 bits per heavy atom. The number of hydrogen-bond acceptors (Lipinski definition) is 5. The van der Waals surface area contributed by atoms with Crippen LogP contribution in [0, 0.1) is 6.92 Å². The van der Waals surface area contributed by atoms with E-state index in [9.17, 15) is 9.59 Å². The molecule has 0 aliphatic carbocycles. The molecule has 138 valence electrons. The van der Waals surface area contributed by atoms with Crippen LogP contribution in [0.25, 0.3) is 0 Å². The molecule has 3 rings (SSSR count). The van der Waals surface area contributed by atoms with Crippen LogP contribution in [0.15, 0.2) is 60.1 Å². The standard InChI is InChI=1S/C20H19N3O2S2/c1-14-5-2-3-6-15(14)12-26-13-18(24)22-16-7-4-8-17(11-16)23-19(25)20-21-9-10-27-20/h2-11H,12-13H2,1H3,(H,22,24)(H,23,25). The Morgan fingerprint density at radius 1 is 1.07 bits per heavy atom. The maximum absolute atomic E-state index is 12.2. The van der Waals surface area contributed by atoms with Gasteiger partial charge in [-0.1, -0.05) is 30.3 Å². The van der Waals surface area contributed by atoms with Crippen molar-refractivity contribution in [3.05, 3.63) is 76.2 Å². The number of aryl methyl sites for hydroxylation is 1. The molecule has 2 amide bonds. The Balaban J connectivity index is 1.50. The van der Waals surface area contributed by atoms with Gasteiger partial charge in [-0.05, 0) is 36.2 Å². The number of carbonyl (C=O) groups excluding carboxylic acids is 2. The van der Waals surface area contributed by atoms with Crippen LogP contribution < -0.4 is 10.6 Å². The van der Waals surface area contributed by atoms with Gasteiger partial charge in [0.25, 0.3) is 5.91 Å². The molecule has 1 aromatic heterocycles. The first-order valence-electron chi connectivity index (χ1n) is 8.35. The van der Waals surface area contributed by atoms with Gasteiger partial charge in [0.05, 0.1) is 5.75 Å². The molecule has 2 aromatic carbocycles. The van der Waals surface area contributed by atoms with Crippen LogP contribution in [0.2, 0.25) is 0 Å². The summed E-state index contributed by atoms with van der Waals surface area (Å²) in [7, 11) is 0. The normalized spacial score (nSPS) is 10.4. The predicted molar refractivity (Wildman–Crippen MR) is 112 cm³/mol. The average molecular weight is 398 g/mol. The zero-order valence-electron chi connectivity index (χ0n) is 14.8. The van der Waals surface area contributed by atoms with Gasteiger partial charge < -0.3 is 10.6 Å². The zero-order valence-corrected chi connectivity index (χ0v) is 16.4. The van der Waals surface area contributed by atoms with E-state index >= 15 is 0 Å². The van der Waals surface area contributed by atoms with Gasteiger partial charge in [-0.15, -0.1) is 23.1 Å². The third-order valence-electron chi connectivity index (χ3n) is 3.78. The number of thiazole rings is 1. The van der Waals surface area contributed by atoms with Gasteiger partial charge in [-0.3, -0.25) is 9.59 Å². The first-order chi connectivity index (χ1) is 13.1. The van der Waals surface area contributed by atoms with Crippen LogP contribution in [0.3, 0.4) is 0 Å². The van der Waals surface area contributed by atoms with Crippen molar-refractivity contribution in [2.45, 2.75) is 12.7 Å². The molecule has 0 saturated carbocycles. The van der Waals surface area contributed by atoms with Crippen LogP contribution in [-0.4, -0.2) is 22.6 Å². The molecule has 0 unspecified atom stereocenters. The summed E-state index contributed by atoms with van der Waals surface area (Å²) in [5.74, 6) is 0.827. The number of aromatic nitrogens is 1. The van der Waals surface area contributed by atoms with Crippen LogP contribution in [0.5, 0.6) is 0 Å². The second kappa shape index (κ2) is 9.34. The highest BCUT2D eigenvalue weighted by Gasteiger charge is 2.09. The first kappa shape index (κ1) is 19.1. The second-order valence-electron chi connectivity index (χ2n) is 5.84. The summed E-state index contributed by atoms with van der Waals surface area (Å²) in [4.78, 5) is 28.2. The molecule has 0 saturated heterocycles. The van der Waals surface area contributed by atoms with E-state index in [0.717, 1.165) is 5.75 Å². The lowest BCUT2D eigenvalue weighted by molar-refractivity contribution is -0.113. The van der Waals surface area contributed by atoms with Gasteiger partial charge in [0.2, 0.25) is 5.91 Å². The Labute approximate surface area is 166 Å². The summed E-state index contributed by atoms with van der Waals surface area (Å²) in [6.45, 7) is 2.07. The lowest BCUT2D eigenvalue weighted by atomic mass is 10.1. The summed E-state index contributed by atoms with van der Waals surface area (Å²) in [5.41, 5.74) is 3.73. The molecule has 0 fully saturated rings. The number of nitrogens with one attached hydrogen (secondary N) is 2. The molecular formula is C20H19N3O2S2. The summed E-state index contributed by atoms with van der Waals surface area (Å²) in [6, 6.07) is 15.3. The van der Waals surface area contributed by atoms with E-state index < -0.39 is 0 Å². The monoisotopic (exact) mass is 397 g/mol. The quantitative estimate of drug-likeness (QED) is 0.612. The second-order valence-corrected chi connectivity index (χ2v) is 7.72.